The Hall–Kier alpha value is -0.530. The number of primary amides is 1. The molecule has 0 aromatic carbocycles. The van der Waals surface area contributed by atoms with Gasteiger partial charge in [-0.05, 0) is 12.3 Å². The fourth-order valence-corrected chi connectivity index (χ4v) is 2.04. The predicted molar refractivity (Wildman–Crippen MR) is 49.6 cm³/mol. The van der Waals surface area contributed by atoms with Gasteiger partial charge in [0.1, 0.15) is 0 Å². The average molecular weight is 169 g/mol. The summed E-state index contributed by atoms with van der Waals surface area (Å²) in [4.78, 5) is 10.8. The van der Waals surface area contributed by atoms with E-state index in [-0.39, 0.29) is 11.8 Å². The highest BCUT2D eigenvalue weighted by molar-refractivity contribution is 5.76. The van der Waals surface area contributed by atoms with Gasteiger partial charge in [0.15, 0.2) is 0 Å². The maximum absolute atomic E-state index is 10.8. The molecule has 1 unspecified atom stereocenters. The summed E-state index contributed by atoms with van der Waals surface area (Å²) in [7, 11) is 0. The van der Waals surface area contributed by atoms with E-state index in [0.29, 0.717) is 0 Å². The summed E-state index contributed by atoms with van der Waals surface area (Å²) in [6.07, 6.45) is 7.68. The fraction of sp³-hybridized carbons (Fsp3) is 0.900. The summed E-state index contributed by atoms with van der Waals surface area (Å²) < 4.78 is 0. The van der Waals surface area contributed by atoms with Crippen LogP contribution in [0.2, 0.25) is 0 Å². The number of nitrogens with two attached hydrogens (primary N) is 1. The van der Waals surface area contributed by atoms with E-state index in [0.717, 1.165) is 12.3 Å². The van der Waals surface area contributed by atoms with Gasteiger partial charge in [0, 0.05) is 5.92 Å². The van der Waals surface area contributed by atoms with Crippen molar-refractivity contribution in [1.29, 1.82) is 0 Å². The Kier molecular flexibility index (Phi) is 3.57. The van der Waals surface area contributed by atoms with Crippen molar-refractivity contribution in [1.82, 2.24) is 0 Å². The van der Waals surface area contributed by atoms with Gasteiger partial charge in [-0.25, -0.2) is 0 Å². The van der Waals surface area contributed by atoms with E-state index < -0.39 is 0 Å². The molecule has 1 aliphatic carbocycles. The highest BCUT2D eigenvalue weighted by atomic mass is 16.1. The molecular weight excluding hydrogens is 150 g/mol. The highest BCUT2D eigenvalue weighted by Crippen LogP contribution is 2.28. The summed E-state index contributed by atoms with van der Waals surface area (Å²) >= 11 is 0. The van der Waals surface area contributed by atoms with Gasteiger partial charge in [0.2, 0.25) is 5.91 Å². The summed E-state index contributed by atoms with van der Waals surface area (Å²) in [6.45, 7) is 1.94. The molecule has 0 heterocycles. The van der Waals surface area contributed by atoms with Gasteiger partial charge >= 0.3 is 0 Å². The van der Waals surface area contributed by atoms with Crippen LogP contribution in [0.3, 0.4) is 0 Å². The monoisotopic (exact) mass is 169 g/mol. The van der Waals surface area contributed by atoms with Crippen molar-refractivity contribution in [3.63, 3.8) is 0 Å². The van der Waals surface area contributed by atoms with Crippen molar-refractivity contribution in [2.45, 2.75) is 45.4 Å². The van der Waals surface area contributed by atoms with E-state index in [9.17, 15) is 4.79 Å². The van der Waals surface area contributed by atoms with Gasteiger partial charge in [-0.3, -0.25) is 4.79 Å². The largest absolute Gasteiger partial charge is 0.369 e. The molecule has 1 rings (SSSR count). The van der Waals surface area contributed by atoms with Crippen LogP contribution >= 0.6 is 0 Å². The zero-order chi connectivity index (χ0) is 8.97. The van der Waals surface area contributed by atoms with Crippen LogP contribution in [-0.2, 0) is 4.79 Å². The van der Waals surface area contributed by atoms with E-state index in [2.05, 4.69) is 0 Å². The number of rotatable bonds is 3. The molecule has 1 atom stereocenters. The average Bonchev–Trinajstić information content (AvgIpc) is 2.06. The van der Waals surface area contributed by atoms with Crippen LogP contribution in [0.25, 0.3) is 0 Å². The third-order valence-electron chi connectivity index (χ3n) is 2.90. The third kappa shape index (κ3) is 2.84. The van der Waals surface area contributed by atoms with Crippen molar-refractivity contribution in [2.75, 3.05) is 0 Å². The topological polar surface area (TPSA) is 43.1 Å². The first-order chi connectivity index (χ1) is 5.70. The van der Waals surface area contributed by atoms with Gasteiger partial charge in [-0.15, -0.1) is 0 Å². The van der Waals surface area contributed by atoms with Crippen molar-refractivity contribution < 1.29 is 4.79 Å². The lowest BCUT2D eigenvalue weighted by molar-refractivity contribution is -0.121. The van der Waals surface area contributed by atoms with E-state index in [4.69, 9.17) is 5.73 Å². The van der Waals surface area contributed by atoms with Crippen molar-refractivity contribution in [2.24, 2.45) is 17.6 Å². The molecule has 0 aliphatic heterocycles. The number of hydrogen-bond donors (Lipinski definition) is 1. The molecule has 1 aliphatic rings. The summed E-state index contributed by atoms with van der Waals surface area (Å²) in [5, 5.41) is 0. The van der Waals surface area contributed by atoms with Crippen molar-refractivity contribution in [3.05, 3.63) is 0 Å². The molecule has 0 aromatic heterocycles. The van der Waals surface area contributed by atoms with Crippen LogP contribution in [0.5, 0.6) is 0 Å². The van der Waals surface area contributed by atoms with Gasteiger partial charge in [-0.2, -0.15) is 0 Å². The molecule has 2 N–H and O–H groups in total. The Morgan fingerprint density at radius 1 is 1.42 bits per heavy atom. The first-order valence-electron chi connectivity index (χ1n) is 4.99. The molecule has 0 saturated heterocycles. The van der Waals surface area contributed by atoms with Gasteiger partial charge in [-0.1, -0.05) is 39.0 Å². The lowest BCUT2D eigenvalue weighted by atomic mass is 9.83. The number of carbonyl (C=O) groups excluding carboxylic acids is 1. The number of carbonyl (C=O) groups is 1. The molecule has 1 saturated carbocycles. The lowest BCUT2D eigenvalue weighted by Gasteiger charge is -2.23. The maximum atomic E-state index is 10.8. The predicted octanol–water partition coefficient (Wildman–Crippen LogP) is 2.08. The van der Waals surface area contributed by atoms with Crippen LogP contribution in [-0.4, -0.2) is 5.91 Å². The van der Waals surface area contributed by atoms with Crippen LogP contribution in [0.1, 0.15) is 45.4 Å². The molecule has 1 amide bonds. The van der Waals surface area contributed by atoms with Crippen LogP contribution < -0.4 is 5.73 Å². The molecular formula is C10H19NO. The quantitative estimate of drug-likeness (QED) is 0.690. The third-order valence-corrected chi connectivity index (χ3v) is 2.90. The first-order valence-corrected chi connectivity index (χ1v) is 4.99. The Morgan fingerprint density at radius 2 is 2.00 bits per heavy atom. The molecule has 1 fully saturated rings. The fourth-order valence-electron chi connectivity index (χ4n) is 2.04. The molecule has 12 heavy (non-hydrogen) atoms. The van der Waals surface area contributed by atoms with E-state index in [1.54, 1.807) is 0 Å². The second-order valence-corrected chi connectivity index (χ2v) is 4.04. The van der Waals surface area contributed by atoms with Crippen molar-refractivity contribution in [3.8, 4) is 0 Å². The molecule has 0 aromatic rings. The van der Waals surface area contributed by atoms with Crippen molar-refractivity contribution >= 4 is 5.91 Å². The molecule has 0 radical (unpaired) electrons. The minimum Gasteiger partial charge on any atom is -0.369 e. The molecule has 2 nitrogen and oxygen atoms in total. The zero-order valence-corrected chi connectivity index (χ0v) is 7.88. The smallest absolute Gasteiger partial charge is 0.220 e. The van der Waals surface area contributed by atoms with Gasteiger partial charge in [0.05, 0.1) is 0 Å². The number of amides is 1. The Labute approximate surface area is 74.5 Å². The minimum atomic E-state index is -0.138. The summed E-state index contributed by atoms with van der Waals surface area (Å²) in [5.74, 6) is 0.704. The van der Waals surface area contributed by atoms with Gasteiger partial charge < -0.3 is 5.73 Å². The minimum absolute atomic E-state index is 0.0769. The SMILES string of the molecule is CC(CC1CCCCC1)C(N)=O. The zero-order valence-electron chi connectivity index (χ0n) is 7.88. The Morgan fingerprint density at radius 3 is 2.50 bits per heavy atom. The van der Waals surface area contributed by atoms with E-state index in [1.165, 1.54) is 32.1 Å². The highest BCUT2D eigenvalue weighted by Gasteiger charge is 2.18. The Balaban J connectivity index is 2.24. The molecule has 0 bridgehead atoms. The second kappa shape index (κ2) is 4.48. The van der Waals surface area contributed by atoms with Gasteiger partial charge in [0.25, 0.3) is 0 Å². The summed E-state index contributed by atoms with van der Waals surface area (Å²) in [5.41, 5.74) is 5.21. The number of hydrogen-bond acceptors (Lipinski definition) is 1. The van der Waals surface area contributed by atoms with Crippen LogP contribution in [0.15, 0.2) is 0 Å². The molecule has 2 heteroatoms. The lowest BCUT2D eigenvalue weighted by Crippen LogP contribution is -2.23. The van der Waals surface area contributed by atoms with E-state index >= 15 is 0 Å². The van der Waals surface area contributed by atoms with E-state index in [1.807, 2.05) is 6.92 Å². The molecule has 70 valence electrons. The second-order valence-electron chi connectivity index (χ2n) is 4.04. The molecule has 0 spiro atoms. The van der Waals surface area contributed by atoms with Crippen LogP contribution in [0, 0.1) is 11.8 Å². The van der Waals surface area contributed by atoms with Crippen LogP contribution in [0.4, 0.5) is 0 Å². The normalized spacial score (nSPS) is 22.1. The standard InChI is InChI=1S/C10H19NO/c1-8(10(11)12)7-9-5-3-2-4-6-9/h8-9H,2-7H2,1H3,(H2,11,12). The summed E-state index contributed by atoms with van der Waals surface area (Å²) in [6, 6.07) is 0. The Bertz CT molecular complexity index is 150. The first kappa shape index (κ1) is 9.56. The maximum Gasteiger partial charge on any atom is 0.220 e.